The van der Waals surface area contributed by atoms with Gasteiger partial charge in [0.15, 0.2) is 0 Å². The van der Waals surface area contributed by atoms with Gasteiger partial charge < -0.3 is 15.1 Å². The van der Waals surface area contributed by atoms with Crippen molar-refractivity contribution in [1.29, 1.82) is 0 Å². The lowest BCUT2D eigenvalue weighted by molar-refractivity contribution is 0.107. The minimum atomic E-state index is 0.741. The van der Waals surface area contributed by atoms with Gasteiger partial charge in [-0.05, 0) is 32.5 Å². The Hall–Kier alpha value is -0.160. The minimum Gasteiger partial charge on any atom is -0.314 e. The first-order chi connectivity index (χ1) is 9.19. The van der Waals surface area contributed by atoms with Crippen LogP contribution in [0.15, 0.2) is 0 Å². The van der Waals surface area contributed by atoms with Gasteiger partial charge in [-0.2, -0.15) is 0 Å². The molecule has 0 aromatic rings. The average molecular weight is 268 g/mol. The monoisotopic (exact) mass is 268 g/mol. The van der Waals surface area contributed by atoms with E-state index in [1.54, 1.807) is 0 Å². The largest absolute Gasteiger partial charge is 0.314 e. The molecule has 0 aromatic carbocycles. The summed E-state index contributed by atoms with van der Waals surface area (Å²) in [5, 5.41) is 3.62. The molecule has 0 saturated carbocycles. The van der Waals surface area contributed by atoms with E-state index in [2.05, 4.69) is 40.9 Å². The van der Waals surface area contributed by atoms with Gasteiger partial charge in [-0.3, -0.25) is 4.90 Å². The van der Waals surface area contributed by atoms with Gasteiger partial charge in [0.2, 0.25) is 0 Å². The first-order valence-electron chi connectivity index (χ1n) is 8.05. The van der Waals surface area contributed by atoms with Gasteiger partial charge in [-0.25, -0.2) is 0 Å². The second-order valence-corrected chi connectivity index (χ2v) is 6.38. The molecule has 112 valence electrons. The van der Waals surface area contributed by atoms with Crippen LogP contribution in [0.3, 0.4) is 0 Å². The van der Waals surface area contributed by atoms with Crippen molar-refractivity contribution in [3.8, 4) is 0 Å². The molecule has 2 saturated heterocycles. The van der Waals surface area contributed by atoms with Gasteiger partial charge in [0.1, 0.15) is 0 Å². The van der Waals surface area contributed by atoms with E-state index in [0.717, 1.165) is 18.5 Å². The molecule has 19 heavy (non-hydrogen) atoms. The van der Waals surface area contributed by atoms with Crippen LogP contribution in [-0.2, 0) is 0 Å². The van der Waals surface area contributed by atoms with Crippen LogP contribution in [0.5, 0.6) is 0 Å². The van der Waals surface area contributed by atoms with Crippen LogP contribution in [0.25, 0.3) is 0 Å². The average Bonchev–Trinajstić information content (AvgIpc) is 2.41. The summed E-state index contributed by atoms with van der Waals surface area (Å²) in [4.78, 5) is 7.72. The minimum absolute atomic E-state index is 0.741. The van der Waals surface area contributed by atoms with E-state index in [-0.39, 0.29) is 0 Å². The van der Waals surface area contributed by atoms with Crippen LogP contribution >= 0.6 is 0 Å². The summed E-state index contributed by atoms with van der Waals surface area (Å²) in [6.07, 6.45) is 1.32. The van der Waals surface area contributed by atoms with Crippen LogP contribution in [0.4, 0.5) is 0 Å². The van der Waals surface area contributed by atoms with Gasteiger partial charge in [-0.1, -0.05) is 13.8 Å². The van der Waals surface area contributed by atoms with Crippen molar-refractivity contribution in [3.05, 3.63) is 0 Å². The zero-order valence-electron chi connectivity index (χ0n) is 13.1. The van der Waals surface area contributed by atoms with E-state index in [1.807, 2.05) is 0 Å². The highest BCUT2D eigenvalue weighted by atomic mass is 15.3. The molecule has 0 spiro atoms. The Bertz CT molecular complexity index is 251. The molecule has 0 radical (unpaired) electrons. The predicted octanol–water partition coefficient (Wildman–Crippen LogP) is 0.554. The number of piperazine rings is 1. The van der Waals surface area contributed by atoms with Crippen molar-refractivity contribution in [2.75, 3.05) is 66.0 Å². The molecule has 0 bridgehead atoms. The predicted molar refractivity (Wildman–Crippen MR) is 81.6 cm³/mol. The van der Waals surface area contributed by atoms with E-state index in [4.69, 9.17) is 0 Å². The number of hydrogen-bond donors (Lipinski definition) is 1. The quantitative estimate of drug-likeness (QED) is 0.786. The number of nitrogens with one attached hydrogen (secondary N) is 1. The van der Waals surface area contributed by atoms with Crippen LogP contribution < -0.4 is 5.32 Å². The van der Waals surface area contributed by atoms with Gasteiger partial charge in [-0.15, -0.1) is 0 Å². The number of likely N-dealkylation sites (tertiary alicyclic amines) is 1. The Morgan fingerprint density at radius 3 is 2.32 bits per heavy atom. The molecule has 2 atom stereocenters. The summed E-state index contributed by atoms with van der Waals surface area (Å²) >= 11 is 0. The lowest BCUT2D eigenvalue weighted by Crippen LogP contribution is -2.51. The molecule has 0 amide bonds. The maximum atomic E-state index is 3.62. The molecule has 2 fully saturated rings. The maximum absolute atomic E-state index is 3.62. The second-order valence-electron chi connectivity index (χ2n) is 6.38. The Balaban J connectivity index is 1.64. The zero-order valence-corrected chi connectivity index (χ0v) is 13.1. The van der Waals surface area contributed by atoms with Gasteiger partial charge >= 0.3 is 0 Å². The molecule has 2 unspecified atom stereocenters. The van der Waals surface area contributed by atoms with Crippen molar-refractivity contribution >= 4 is 0 Å². The first kappa shape index (κ1) is 15.2. The lowest BCUT2D eigenvalue weighted by Gasteiger charge is -2.39. The Kier molecular flexibility index (Phi) is 6.07. The van der Waals surface area contributed by atoms with Gasteiger partial charge in [0, 0.05) is 51.9 Å². The molecule has 0 aliphatic carbocycles. The van der Waals surface area contributed by atoms with Gasteiger partial charge in [0.05, 0.1) is 0 Å². The fourth-order valence-electron chi connectivity index (χ4n) is 3.35. The Labute approximate surface area is 119 Å². The number of likely N-dealkylation sites (N-methyl/N-ethyl adjacent to an activating group) is 1. The van der Waals surface area contributed by atoms with Crippen LogP contribution in [0.2, 0.25) is 0 Å². The summed E-state index contributed by atoms with van der Waals surface area (Å²) in [7, 11) is 2.23. The first-order valence-corrected chi connectivity index (χ1v) is 8.05. The van der Waals surface area contributed by atoms with E-state index in [0.29, 0.717) is 0 Å². The standard InChI is InChI=1S/C15H32N4/c1-4-16-15-5-6-19(13-14(15)2)12-11-18-9-7-17(3)8-10-18/h14-16H,4-13H2,1-3H3. The van der Waals surface area contributed by atoms with E-state index >= 15 is 0 Å². The molecule has 2 heterocycles. The number of hydrogen-bond acceptors (Lipinski definition) is 4. The van der Waals surface area contributed by atoms with Crippen LogP contribution in [0, 0.1) is 5.92 Å². The van der Waals surface area contributed by atoms with E-state index < -0.39 is 0 Å². The van der Waals surface area contributed by atoms with Crippen LogP contribution in [0.1, 0.15) is 20.3 Å². The fraction of sp³-hybridized carbons (Fsp3) is 1.00. The Morgan fingerprint density at radius 1 is 1.00 bits per heavy atom. The summed E-state index contributed by atoms with van der Waals surface area (Å²) in [5.41, 5.74) is 0. The number of rotatable bonds is 5. The normalized spacial score (nSPS) is 31.7. The smallest absolute Gasteiger partial charge is 0.0117 e. The molecule has 4 heteroatoms. The molecule has 2 aliphatic rings. The third-order valence-electron chi connectivity index (χ3n) is 4.78. The van der Waals surface area contributed by atoms with Gasteiger partial charge in [0.25, 0.3) is 0 Å². The number of piperidine rings is 1. The fourth-order valence-corrected chi connectivity index (χ4v) is 3.35. The molecule has 0 aromatic heterocycles. The maximum Gasteiger partial charge on any atom is 0.0117 e. The van der Waals surface area contributed by atoms with Crippen LogP contribution in [-0.4, -0.2) is 86.7 Å². The van der Waals surface area contributed by atoms with Crippen molar-refractivity contribution in [1.82, 2.24) is 20.0 Å². The summed E-state index contributed by atoms with van der Waals surface area (Å²) in [6, 6.07) is 0.741. The molecular weight excluding hydrogens is 236 g/mol. The molecule has 4 nitrogen and oxygen atoms in total. The summed E-state index contributed by atoms with van der Waals surface area (Å²) in [5.74, 6) is 0.793. The third-order valence-corrected chi connectivity index (χ3v) is 4.78. The SMILES string of the molecule is CCNC1CCN(CCN2CCN(C)CC2)CC1C. The molecular formula is C15H32N4. The molecule has 1 N–H and O–H groups in total. The lowest BCUT2D eigenvalue weighted by atomic mass is 9.94. The molecule has 2 aliphatic heterocycles. The van der Waals surface area contributed by atoms with Crippen molar-refractivity contribution in [2.45, 2.75) is 26.3 Å². The highest BCUT2D eigenvalue weighted by molar-refractivity contribution is 4.83. The van der Waals surface area contributed by atoms with Crippen molar-refractivity contribution in [2.24, 2.45) is 5.92 Å². The summed E-state index contributed by atoms with van der Waals surface area (Å²) < 4.78 is 0. The highest BCUT2D eigenvalue weighted by Gasteiger charge is 2.25. The molecule has 2 rings (SSSR count). The third kappa shape index (κ3) is 4.71. The van der Waals surface area contributed by atoms with Crippen molar-refractivity contribution in [3.63, 3.8) is 0 Å². The van der Waals surface area contributed by atoms with E-state index in [9.17, 15) is 0 Å². The highest BCUT2D eigenvalue weighted by Crippen LogP contribution is 2.16. The zero-order chi connectivity index (χ0) is 13.7. The number of nitrogens with zero attached hydrogens (tertiary/aromatic N) is 3. The second kappa shape index (κ2) is 7.58. The summed E-state index contributed by atoms with van der Waals surface area (Å²) in [6.45, 7) is 15.7. The Morgan fingerprint density at radius 2 is 1.68 bits per heavy atom. The van der Waals surface area contributed by atoms with E-state index in [1.165, 1.54) is 58.8 Å². The van der Waals surface area contributed by atoms with Crippen molar-refractivity contribution < 1.29 is 0 Å². The topological polar surface area (TPSA) is 21.8 Å².